The van der Waals surface area contributed by atoms with Crippen LogP contribution in [0.1, 0.15) is 43.1 Å². The first-order chi connectivity index (χ1) is 13.0. The lowest BCUT2D eigenvalue weighted by atomic mass is 10.0. The molecule has 156 valence electrons. The second-order valence-electron chi connectivity index (χ2n) is 6.79. The van der Waals surface area contributed by atoms with Crippen LogP contribution in [0.25, 0.3) is 0 Å². The fourth-order valence-corrected chi connectivity index (χ4v) is 3.08. The number of nitrogens with one attached hydrogen (secondary N) is 2. The van der Waals surface area contributed by atoms with Crippen molar-refractivity contribution in [3.63, 3.8) is 0 Å². The van der Waals surface area contributed by atoms with E-state index in [1.165, 1.54) is 11.3 Å². The SMILES string of the molecule is CCNC(=NCC(C)c1ccccc1OC)NCCCn1nc(C)cc1C.I. The normalized spacial score (nSPS) is 12.2. The van der Waals surface area contributed by atoms with E-state index >= 15 is 0 Å². The first-order valence-corrected chi connectivity index (χ1v) is 9.71. The highest BCUT2D eigenvalue weighted by Gasteiger charge is 2.10. The molecule has 0 saturated heterocycles. The van der Waals surface area contributed by atoms with Gasteiger partial charge in [0.1, 0.15) is 5.75 Å². The van der Waals surface area contributed by atoms with Gasteiger partial charge in [-0.3, -0.25) is 9.67 Å². The van der Waals surface area contributed by atoms with Gasteiger partial charge in [0.05, 0.1) is 12.8 Å². The number of halogens is 1. The summed E-state index contributed by atoms with van der Waals surface area (Å²) in [6, 6.07) is 10.2. The highest BCUT2D eigenvalue weighted by Crippen LogP contribution is 2.26. The third kappa shape index (κ3) is 7.33. The van der Waals surface area contributed by atoms with Crippen molar-refractivity contribution in [2.75, 3.05) is 26.7 Å². The number of aromatic nitrogens is 2. The molecule has 1 unspecified atom stereocenters. The van der Waals surface area contributed by atoms with Crippen molar-refractivity contribution < 1.29 is 4.74 Å². The quantitative estimate of drug-likeness (QED) is 0.238. The molecule has 0 fully saturated rings. The lowest BCUT2D eigenvalue weighted by Crippen LogP contribution is -2.38. The van der Waals surface area contributed by atoms with E-state index in [-0.39, 0.29) is 29.9 Å². The lowest BCUT2D eigenvalue weighted by molar-refractivity contribution is 0.407. The number of benzene rings is 1. The van der Waals surface area contributed by atoms with Crippen LogP contribution in [-0.2, 0) is 6.54 Å². The number of hydrogen-bond acceptors (Lipinski definition) is 3. The van der Waals surface area contributed by atoms with E-state index in [2.05, 4.69) is 53.3 Å². The van der Waals surface area contributed by atoms with Gasteiger partial charge in [-0.05, 0) is 44.9 Å². The van der Waals surface area contributed by atoms with Crippen molar-refractivity contribution in [1.82, 2.24) is 20.4 Å². The van der Waals surface area contributed by atoms with Gasteiger partial charge >= 0.3 is 0 Å². The average molecular weight is 499 g/mol. The lowest BCUT2D eigenvalue weighted by Gasteiger charge is -2.16. The Morgan fingerprint density at radius 1 is 1.25 bits per heavy atom. The van der Waals surface area contributed by atoms with Gasteiger partial charge in [0.2, 0.25) is 0 Å². The molecule has 0 aliphatic carbocycles. The summed E-state index contributed by atoms with van der Waals surface area (Å²) >= 11 is 0. The van der Waals surface area contributed by atoms with Crippen molar-refractivity contribution in [3.8, 4) is 5.75 Å². The molecule has 1 aromatic heterocycles. The van der Waals surface area contributed by atoms with Gasteiger partial charge in [0.15, 0.2) is 5.96 Å². The molecule has 7 heteroatoms. The number of rotatable bonds is 9. The van der Waals surface area contributed by atoms with Gasteiger partial charge in [-0.2, -0.15) is 5.10 Å². The van der Waals surface area contributed by atoms with Crippen LogP contribution in [-0.4, -0.2) is 42.5 Å². The van der Waals surface area contributed by atoms with Crippen molar-refractivity contribution in [2.45, 2.75) is 46.6 Å². The fraction of sp³-hybridized carbons (Fsp3) is 0.524. The molecular formula is C21H34IN5O. The van der Waals surface area contributed by atoms with Gasteiger partial charge in [-0.25, -0.2) is 0 Å². The Morgan fingerprint density at radius 2 is 2.00 bits per heavy atom. The highest BCUT2D eigenvalue weighted by atomic mass is 127. The Kier molecular flexibility index (Phi) is 11.0. The number of nitrogens with zero attached hydrogens (tertiary/aromatic N) is 3. The molecule has 0 bridgehead atoms. The van der Waals surface area contributed by atoms with Crippen molar-refractivity contribution in [1.29, 1.82) is 0 Å². The summed E-state index contributed by atoms with van der Waals surface area (Å²) in [5.74, 6) is 2.06. The third-order valence-corrected chi connectivity index (χ3v) is 4.48. The molecule has 1 aromatic carbocycles. The number of para-hydroxylation sites is 1. The van der Waals surface area contributed by atoms with Gasteiger partial charge in [0.25, 0.3) is 0 Å². The Morgan fingerprint density at radius 3 is 2.64 bits per heavy atom. The Balaban J connectivity index is 0.00000392. The predicted octanol–water partition coefficient (Wildman–Crippen LogP) is 3.88. The molecular weight excluding hydrogens is 465 g/mol. The zero-order chi connectivity index (χ0) is 19.6. The molecule has 2 rings (SSSR count). The average Bonchev–Trinajstić information content (AvgIpc) is 2.99. The summed E-state index contributed by atoms with van der Waals surface area (Å²) in [4.78, 5) is 4.75. The van der Waals surface area contributed by atoms with Crippen LogP contribution in [0.5, 0.6) is 5.75 Å². The minimum Gasteiger partial charge on any atom is -0.496 e. The van der Waals surface area contributed by atoms with Crippen LogP contribution in [0.4, 0.5) is 0 Å². The maximum atomic E-state index is 5.47. The van der Waals surface area contributed by atoms with E-state index in [4.69, 9.17) is 9.73 Å². The first-order valence-electron chi connectivity index (χ1n) is 9.71. The highest BCUT2D eigenvalue weighted by molar-refractivity contribution is 14.0. The van der Waals surface area contributed by atoms with Crippen molar-refractivity contribution >= 4 is 29.9 Å². The molecule has 0 aliphatic rings. The summed E-state index contributed by atoms with van der Waals surface area (Å²) in [5.41, 5.74) is 3.46. The van der Waals surface area contributed by atoms with Gasteiger partial charge in [-0.1, -0.05) is 25.1 Å². The number of aliphatic imine (C=N–C) groups is 1. The minimum absolute atomic E-state index is 0. The van der Waals surface area contributed by atoms with E-state index in [1.807, 2.05) is 25.1 Å². The van der Waals surface area contributed by atoms with Gasteiger partial charge in [-0.15, -0.1) is 24.0 Å². The second-order valence-corrected chi connectivity index (χ2v) is 6.79. The van der Waals surface area contributed by atoms with Crippen molar-refractivity contribution in [3.05, 3.63) is 47.3 Å². The monoisotopic (exact) mass is 499 g/mol. The van der Waals surface area contributed by atoms with Crippen LogP contribution >= 0.6 is 24.0 Å². The van der Waals surface area contributed by atoms with E-state index in [1.54, 1.807) is 7.11 Å². The summed E-state index contributed by atoms with van der Waals surface area (Å²) in [6.07, 6.45) is 0.994. The maximum absolute atomic E-state index is 5.47. The number of hydrogen-bond donors (Lipinski definition) is 2. The summed E-state index contributed by atoms with van der Waals surface area (Å²) in [5, 5.41) is 11.2. The Bertz CT molecular complexity index is 744. The number of ether oxygens (including phenoxy) is 1. The fourth-order valence-electron chi connectivity index (χ4n) is 3.08. The molecule has 6 nitrogen and oxygen atoms in total. The molecule has 0 amide bonds. The van der Waals surface area contributed by atoms with E-state index in [9.17, 15) is 0 Å². The predicted molar refractivity (Wildman–Crippen MR) is 127 cm³/mol. The second kappa shape index (κ2) is 12.6. The summed E-state index contributed by atoms with van der Waals surface area (Å²) < 4.78 is 7.53. The molecule has 2 aromatic rings. The maximum Gasteiger partial charge on any atom is 0.191 e. The zero-order valence-corrected chi connectivity index (χ0v) is 20.0. The van der Waals surface area contributed by atoms with Crippen LogP contribution in [0.15, 0.2) is 35.3 Å². The molecule has 1 atom stereocenters. The van der Waals surface area contributed by atoms with Crippen LogP contribution in [0.3, 0.4) is 0 Å². The molecule has 2 N–H and O–H groups in total. The zero-order valence-electron chi connectivity index (χ0n) is 17.7. The third-order valence-electron chi connectivity index (χ3n) is 4.48. The van der Waals surface area contributed by atoms with E-state index in [0.29, 0.717) is 6.54 Å². The number of aryl methyl sites for hydroxylation is 3. The van der Waals surface area contributed by atoms with Crippen LogP contribution in [0, 0.1) is 13.8 Å². The largest absolute Gasteiger partial charge is 0.496 e. The smallest absolute Gasteiger partial charge is 0.191 e. The summed E-state index contributed by atoms with van der Waals surface area (Å²) in [6.45, 7) is 11.7. The molecule has 0 saturated carbocycles. The first kappa shape index (κ1) is 24.3. The standard InChI is InChI=1S/C21H33N5O.HI/c1-6-22-21(23-12-9-13-26-18(4)14-17(3)25-26)24-15-16(2)19-10-7-8-11-20(19)27-5;/h7-8,10-11,14,16H,6,9,12-13,15H2,1-5H3,(H2,22,23,24);1H. The Hall–Kier alpha value is -1.77. The molecule has 0 spiro atoms. The van der Waals surface area contributed by atoms with E-state index < -0.39 is 0 Å². The van der Waals surface area contributed by atoms with E-state index in [0.717, 1.165) is 43.5 Å². The summed E-state index contributed by atoms with van der Waals surface area (Å²) in [7, 11) is 1.71. The minimum atomic E-state index is 0. The van der Waals surface area contributed by atoms with Crippen LogP contribution < -0.4 is 15.4 Å². The number of guanidine groups is 1. The molecule has 0 radical (unpaired) electrons. The Labute approximate surface area is 186 Å². The molecule has 28 heavy (non-hydrogen) atoms. The van der Waals surface area contributed by atoms with Crippen molar-refractivity contribution in [2.24, 2.45) is 4.99 Å². The molecule has 0 aliphatic heterocycles. The molecule has 1 heterocycles. The number of methoxy groups -OCH3 is 1. The van der Waals surface area contributed by atoms with Crippen LogP contribution in [0.2, 0.25) is 0 Å². The van der Waals surface area contributed by atoms with Gasteiger partial charge in [0, 0.05) is 37.8 Å². The van der Waals surface area contributed by atoms with Gasteiger partial charge < -0.3 is 15.4 Å². The topological polar surface area (TPSA) is 63.5 Å².